The number of nitrogens with zero attached hydrogens (tertiary/aromatic N) is 3. The van der Waals surface area contributed by atoms with E-state index in [1.807, 2.05) is 30.5 Å². The van der Waals surface area contributed by atoms with E-state index in [0.717, 1.165) is 33.1 Å². The molecule has 0 spiro atoms. The third-order valence-electron chi connectivity index (χ3n) is 3.84. The van der Waals surface area contributed by atoms with Crippen molar-refractivity contribution in [1.82, 2.24) is 15.0 Å². The summed E-state index contributed by atoms with van der Waals surface area (Å²) in [6, 6.07) is 5.80. The summed E-state index contributed by atoms with van der Waals surface area (Å²) in [6.07, 6.45) is 4.09. The van der Waals surface area contributed by atoms with Gasteiger partial charge in [-0.25, -0.2) is 10.4 Å². The van der Waals surface area contributed by atoms with E-state index in [0.29, 0.717) is 11.8 Å². The minimum absolute atomic E-state index is 0.105. The highest BCUT2D eigenvalue weighted by Crippen LogP contribution is 2.21. The predicted octanol–water partition coefficient (Wildman–Crippen LogP) is 3.40. The number of aryl methyl sites for hydroxylation is 1. The third kappa shape index (κ3) is 4.08. The molecule has 0 bridgehead atoms. The Bertz CT molecular complexity index is 986. The summed E-state index contributed by atoms with van der Waals surface area (Å²) < 4.78 is 1.33. The molecule has 8 heteroatoms. The van der Waals surface area contributed by atoms with Gasteiger partial charge in [0.1, 0.15) is 11.4 Å². The Labute approximate surface area is 159 Å². The molecule has 3 heterocycles. The van der Waals surface area contributed by atoms with Crippen molar-refractivity contribution in [2.24, 2.45) is 5.10 Å². The topological polar surface area (TPSA) is 76.3 Å². The molecule has 0 aliphatic heterocycles. The SMILES string of the molecule is CCCc1cc2c(=O)n(CC(=O)N/N=C(/CC)c3cccs3)cnc2s1. The van der Waals surface area contributed by atoms with Crippen LogP contribution in [0.2, 0.25) is 0 Å². The highest BCUT2D eigenvalue weighted by atomic mass is 32.1. The van der Waals surface area contributed by atoms with Crippen molar-refractivity contribution < 1.29 is 4.79 Å². The molecule has 0 unspecified atom stereocenters. The molecule has 0 aliphatic carbocycles. The molecule has 0 saturated heterocycles. The molecular formula is C18H20N4O2S2. The molecule has 1 amide bonds. The summed E-state index contributed by atoms with van der Waals surface area (Å²) in [5, 5.41) is 6.74. The maximum Gasteiger partial charge on any atom is 0.262 e. The van der Waals surface area contributed by atoms with Crippen LogP contribution < -0.4 is 11.0 Å². The summed E-state index contributed by atoms with van der Waals surface area (Å²) in [6.45, 7) is 3.98. The molecular weight excluding hydrogens is 368 g/mol. The van der Waals surface area contributed by atoms with Gasteiger partial charge in [-0.1, -0.05) is 26.3 Å². The number of carbonyl (C=O) groups excluding carboxylic acids is 1. The molecule has 3 rings (SSSR count). The fourth-order valence-electron chi connectivity index (χ4n) is 2.56. The van der Waals surface area contributed by atoms with E-state index in [2.05, 4.69) is 22.4 Å². The molecule has 0 saturated carbocycles. The largest absolute Gasteiger partial charge is 0.289 e. The van der Waals surface area contributed by atoms with Gasteiger partial charge in [0.25, 0.3) is 11.5 Å². The minimum atomic E-state index is -0.347. The smallest absolute Gasteiger partial charge is 0.262 e. The van der Waals surface area contributed by atoms with Gasteiger partial charge in [-0.15, -0.1) is 22.7 Å². The van der Waals surface area contributed by atoms with E-state index >= 15 is 0 Å². The lowest BCUT2D eigenvalue weighted by Crippen LogP contribution is -2.30. The number of rotatable bonds is 7. The highest BCUT2D eigenvalue weighted by molar-refractivity contribution is 7.18. The Balaban J connectivity index is 1.75. The Morgan fingerprint density at radius 3 is 2.92 bits per heavy atom. The fourth-order valence-corrected chi connectivity index (χ4v) is 4.44. The number of amides is 1. The second kappa shape index (κ2) is 8.37. The first-order valence-electron chi connectivity index (χ1n) is 8.49. The van der Waals surface area contributed by atoms with Crippen LogP contribution in [0.25, 0.3) is 10.2 Å². The second-order valence-corrected chi connectivity index (χ2v) is 7.85. The van der Waals surface area contributed by atoms with Crippen LogP contribution in [0.5, 0.6) is 0 Å². The van der Waals surface area contributed by atoms with Crippen molar-refractivity contribution in [3.05, 3.63) is 50.0 Å². The number of carbonyl (C=O) groups is 1. The molecule has 26 heavy (non-hydrogen) atoms. The highest BCUT2D eigenvalue weighted by Gasteiger charge is 2.11. The van der Waals surface area contributed by atoms with Crippen LogP contribution in [0.15, 0.2) is 39.8 Å². The Hall–Kier alpha value is -2.32. The maximum absolute atomic E-state index is 12.6. The number of aromatic nitrogens is 2. The van der Waals surface area contributed by atoms with Gasteiger partial charge in [-0.3, -0.25) is 14.2 Å². The van der Waals surface area contributed by atoms with E-state index in [1.54, 1.807) is 11.3 Å². The molecule has 0 radical (unpaired) electrons. The van der Waals surface area contributed by atoms with Crippen LogP contribution in [0.1, 0.15) is 36.4 Å². The standard InChI is InChI=1S/C18H20N4O2S2/c1-3-6-12-9-13-17(26-12)19-11-22(18(13)24)10-16(23)21-20-14(4-2)15-7-5-8-25-15/h5,7-9,11H,3-4,6,10H2,1-2H3,(H,21,23)/b20-14-. The first-order chi connectivity index (χ1) is 12.6. The van der Waals surface area contributed by atoms with Gasteiger partial charge in [0, 0.05) is 4.88 Å². The zero-order chi connectivity index (χ0) is 18.5. The van der Waals surface area contributed by atoms with Gasteiger partial charge in [0.2, 0.25) is 0 Å². The normalized spacial score (nSPS) is 11.8. The number of fused-ring (bicyclic) bond motifs is 1. The average Bonchev–Trinajstić information content (AvgIpc) is 3.28. The summed E-state index contributed by atoms with van der Waals surface area (Å²) >= 11 is 3.11. The molecule has 136 valence electrons. The van der Waals surface area contributed by atoms with Crippen LogP contribution in [0.4, 0.5) is 0 Å². The zero-order valence-electron chi connectivity index (χ0n) is 14.7. The maximum atomic E-state index is 12.6. The fraction of sp³-hybridized carbons (Fsp3) is 0.333. The molecule has 0 fully saturated rings. The van der Waals surface area contributed by atoms with E-state index in [-0.39, 0.29) is 18.0 Å². The quantitative estimate of drug-likeness (QED) is 0.498. The van der Waals surface area contributed by atoms with Gasteiger partial charge in [0.05, 0.1) is 22.3 Å². The third-order valence-corrected chi connectivity index (χ3v) is 5.86. The molecule has 3 aromatic heterocycles. The average molecular weight is 389 g/mol. The Morgan fingerprint density at radius 2 is 2.23 bits per heavy atom. The summed E-state index contributed by atoms with van der Waals surface area (Å²) in [7, 11) is 0. The van der Waals surface area contributed by atoms with Gasteiger partial charge in [-0.05, 0) is 30.4 Å². The van der Waals surface area contributed by atoms with Crippen molar-refractivity contribution in [2.75, 3.05) is 0 Å². The van der Waals surface area contributed by atoms with E-state index in [1.165, 1.54) is 22.2 Å². The van der Waals surface area contributed by atoms with Crippen molar-refractivity contribution in [3.8, 4) is 0 Å². The van der Waals surface area contributed by atoms with Crippen molar-refractivity contribution >= 4 is 44.5 Å². The molecule has 0 atom stereocenters. The van der Waals surface area contributed by atoms with E-state index in [4.69, 9.17) is 0 Å². The summed E-state index contributed by atoms with van der Waals surface area (Å²) in [5.41, 5.74) is 3.17. The molecule has 0 aromatic carbocycles. The molecule has 1 N–H and O–H groups in total. The van der Waals surface area contributed by atoms with Crippen molar-refractivity contribution in [3.63, 3.8) is 0 Å². The van der Waals surface area contributed by atoms with Crippen LogP contribution in [-0.2, 0) is 17.8 Å². The van der Waals surface area contributed by atoms with Gasteiger partial charge in [0.15, 0.2) is 0 Å². The van der Waals surface area contributed by atoms with Crippen molar-refractivity contribution in [2.45, 2.75) is 39.7 Å². The van der Waals surface area contributed by atoms with Crippen molar-refractivity contribution in [1.29, 1.82) is 0 Å². The van der Waals surface area contributed by atoms with Gasteiger partial charge < -0.3 is 0 Å². The number of hydrazone groups is 1. The minimum Gasteiger partial charge on any atom is -0.289 e. The lowest BCUT2D eigenvalue weighted by atomic mass is 10.2. The molecule has 3 aromatic rings. The zero-order valence-corrected chi connectivity index (χ0v) is 16.3. The number of hydrogen-bond donors (Lipinski definition) is 1. The van der Waals surface area contributed by atoms with E-state index < -0.39 is 0 Å². The molecule has 6 nitrogen and oxygen atoms in total. The Morgan fingerprint density at radius 1 is 1.38 bits per heavy atom. The first-order valence-corrected chi connectivity index (χ1v) is 10.2. The lowest BCUT2D eigenvalue weighted by molar-refractivity contribution is -0.121. The summed E-state index contributed by atoms with van der Waals surface area (Å²) in [4.78, 5) is 32.0. The number of thiophene rings is 2. The second-order valence-electron chi connectivity index (χ2n) is 5.78. The Kier molecular flexibility index (Phi) is 5.95. The predicted molar refractivity (Wildman–Crippen MR) is 107 cm³/mol. The van der Waals surface area contributed by atoms with Gasteiger partial charge >= 0.3 is 0 Å². The van der Waals surface area contributed by atoms with Gasteiger partial charge in [-0.2, -0.15) is 5.10 Å². The first kappa shape index (κ1) is 18.5. The molecule has 0 aliphatic rings. The van der Waals surface area contributed by atoms with Crippen LogP contribution in [-0.4, -0.2) is 21.2 Å². The van der Waals surface area contributed by atoms with E-state index in [9.17, 15) is 9.59 Å². The monoisotopic (exact) mass is 388 g/mol. The van der Waals surface area contributed by atoms with Crippen LogP contribution in [0, 0.1) is 0 Å². The number of hydrogen-bond acceptors (Lipinski definition) is 6. The lowest BCUT2D eigenvalue weighted by Gasteiger charge is -2.05. The van der Waals surface area contributed by atoms with Crippen LogP contribution in [0.3, 0.4) is 0 Å². The van der Waals surface area contributed by atoms with Crippen LogP contribution >= 0.6 is 22.7 Å². The summed E-state index contributed by atoms with van der Waals surface area (Å²) in [5.74, 6) is -0.347. The number of nitrogens with one attached hydrogen (secondary N) is 1.